The maximum absolute atomic E-state index is 13.1. The molecular formula is C14H11F2N3O. The molecule has 0 aliphatic heterocycles. The van der Waals surface area contributed by atoms with Crippen LogP contribution in [-0.2, 0) is 0 Å². The number of hydrogen-bond donors (Lipinski definition) is 1. The molecule has 1 amide bonds. The maximum Gasteiger partial charge on any atom is 0.271 e. The highest BCUT2D eigenvalue weighted by molar-refractivity contribution is 6.00. The zero-order chi connectivity index (χ0) is 14.5. The Bertz CT molecular complexity index is 657. The Balaban J connectivity index is 2.11. The highest BCUT2D eigenvalue weighted by atomic mass is 19.2. The number of halogens is 2. The van der Waals surface area contributed by atoms with E-state index >= 15 is 0 Å². The van der Waals surface area contributed by atoms with Crippen molar-refractivity contribution in [1.29, 1.82) is 0 Å². The number of nitrogens with zero attached hydrogens (tertiary/aromatic N) is 2. The van der Waals surface area contributed by atoms with Gasteiger partial charge in [0, 0.05) is 23.5 Å². The van der Waals surface area contributed by atoms with Crippen LogP contribution < -0.4 is 5.43 Å². The molecule has 0 bridgehead atoms. The van der Waals surface area contributed by atoms with E-state index in [1.54, 1.807) is 6.92 Å². The molecule has 0 saturated heterocycles. The van der Waals surface area contributed by atoms with Gasteiger partial charge in [-0.1, -0.05) is 0 Å². The molecule has 1 heterocycles. The molecule has 102 valence electrons. The van der Waals surface area contributed by atoms with Gasteiger partial charge in [0.25, 0.3) is 5.91 Å². The van der Waals surface area contributed by atoms with E-state index in [1.165, 1.54) is 30.6 Å². The van der Waals surface area contributed by atoms with E-state index < -0.39 is 17.5 Å². The number of hydrogen-bond acceptors (Lipinski definition) is 3. The minimum absolute atomic E-state index is 0.367. The second-order valence-corrected chi connectivity index (χ2v) is 4.00. The summed E-state index contributed by atoms with van der Waals surface area (Å²) in [6.07, 6.45) is 2.97. The largest absolute Gasteiger partial charge is 0.271 e. The van der Waals surface area contributed by atoms with Gasteiger partial charge in [0.1, 0.15) is 0 Å². The predicted octanol–water partition coefficient (Wildman–Crippen LogP) is 2.51. The first-order chi connectivity index (χ1) is 9.58. The number of benzene rings is 1. The molecule has 6 heteroatoms. The molecule has 20 heavy (non-hydrogen) atoms. The number of hydrazone groups is 1. The maximum atomic E-state index is 13.1. The number of pyridine rings is 1. The van der Waals surface area contributed by atoms with E-state index in [4.69, 9.17) is 0 Å². The molecule has 0 atom stereocenters. The van der Waals surface area contributed by atoms with Crippen molar-refractivity contribution >= 4 is 11.6 Å². The lowest BCUT2D eigenvalue weighted by Crippen LogP contribution is -2.19. The Labute approximate surface area is 114 Å². The number of aromatic nitrogens is 1. The summed E-state index contributed by atoms with van der Waals surface area (Å²) in [7, 11) is 0. The number of rotatable bonds is 3. The van der Waals surface area contributed by atoms with Crippen LogP contribution in [0, 0.1) is 11.6 Å². The Morgan fingerprint density at radius 1 is 1.10 bits per heavy atom. The van der Waals surface area contributed by atoms with E-state index in [2.05, 4.69) is 15.5 Å². The quantitative estimate of drug-likeness (QED) is 0.691. The van der Waals surface area contributed by atoms with E-state index in [-0.39, 0.29) is 0 Å². The third-order valence-corrected chi connectivity index (χ3v) is 2.61. The number of carbonyl (C=O) groups excluding carboxylic acids is 1. The van der Waals surface area contributed by atoms with Crippen molar-refractivity contribution in [3.63, 3.8) is 0 Å². The van der Waals surface area contributed by atoms with Crippen molar-refractivity contribution in [3.8, 4) is 0 Å². The molecule has 1 aromatic carbocycles. The van der Waals surface area contributed by atoms with Crippen LogP contribution in [0.1, 0.15) is 22.8 Å². The number of nitrogens with one attached hydrogen (secondary N) is 1. The smallest absolute Gasteiger partial charge is 0.267 e. The van der Waals surface area contributed by atoms with Crippen molar-refractivity contribution in [2.24, 2.45) is 5.10 Å². The van der Waals surface area contributed by atoms with Crippen LogP contribution in [0.5, 0.6) is 0 Å². The molecule has 0 fully saturated rings. The molecule has 0 aliphatic rings. The summed E-state index contributed by atoms with van der Waals surface area (Å²) in [5.74, 6) is -2.30. The van der Waals surface area contributed by atoms with Crippen LogP contribution in [0.3, 0.4) is 0 Å². The molecular weight excluding hydrogens is 264 g/mol. The molecule has 4 nitrogen and oxygen atoms in total. The van der Waals surface area contributed by atoms with Gasteiger partial charge in [-0.05, 0) is 37.3 Å². The first-order valence-electron chi connectivity index (χ1n) is 5.78. The van der Waals surface area contributed by atoms with Crippen molar-refractivity contribution in [1.82, 2.24) is 10.4 Å². The molecule has 0 aliphatic carbocycles. The van der Waals surface area contributed by atoms with E-state index in [0.717, 1.165) is 12.1 Å². The average Bonchev–Trinajstić information content (AvgIpc) is 2.48. The Hall–Kier alpha value is -2.63. The molecule has 2 rings (SSSR count). The normalized spacial score (nSPS) is 11.2. The third kappa shape index (κ3) is 3.23. The summed E-state index contributed by atoms with van der Waals surface area (Å²) in [5, 5.41) is 3.85. The zero-order valence-corrected chi connectivity index (χ0v) is 10.6. The Morgan fingerprint density at radius 2 is 1.80 bits per heavy atom. The van der Waals surface area contributed by atoms with Crippen LogP contribution in [0.2, 0.25) is 0 Å². The van der Waals surface area contributed by atoms with E-state index in [9.17, 15) is 13.6 Å². The SMILES string of the molecule is C/C(=N\NC(=O)c1ccncc1)c1ccc(F)c(F)c1. The van der Waals surface area contributed by atoms with Crippen LogP contribution in [0.15, 0.2) is 47.8 Å². The van der Waals surface area contributed by atoms with Gasteiger partial charge in [-0.15, -0.1) is 0 Å². The number of amides is 1. The van der Waals surface area contributed by atoms with Crippen molar-refractivity contribution < 1.29 is 13.6 Å². The molecule has 0 spiro atoms. The molecule has 0 unspecified atom stereocenters. The molecule has 0 radical (unpaired) electrons. The lowest BCUT2D eigenvalue weighted by molar-refractivity contribution is 0.0954. The van der Waals surface area contributed by atoms with Gasteiger partial charge in [-0.3, -0.25) is 9.78 Å². The van der Waals surface area contributed by atoms with Gasteiger partial charge in [-0.2, -0.15) is 5.10 Å². The van der Waals surface area contributed by atoms with Crippen molar-refractivity contribution in [2.75, 3.05) is 0 Å². The van der Waals surface area contributed by atoms with E-state index in [1.807, 2.05) is 0 Å². The van der Waals surface area contributed by atoms with Gasteiger partial charge in [0.2, 0.25) is 0 Å². The first kappa shape index (κ1) is 13.8. The third-order valence-electron chi connectivity index (χ3n) is 2.61. The van der Waals surface area contributed by atoms with Crippen molar-refractivity contribution in [3.05, 3.63) is 65.5 Å². The molecule has 1 N–H and O–H groups in total. The lowest BCUT2D eigenvalue weighted by Gasteiger charge is -2.03. The second-order valence-electron chi connectivity index (χ2n) is 4.00. The summed E-state index contributed by atoms with van der Waals surface area (Å²) in [4.78, 5) is 15.5. The number of carbonyl (C=O) groups is 1. The highest BCUT2D eigenvalue weighted by Crippen LogP contribution is 2.09. The Morgan fingerprint density at radius 3 is 2.45 bits per heavy atom. The molecule has 1 aromatic heterocycles. The lowest BCUT2D eigenvalue weighted by atomic mass is 10.1. The topological polar surface area (TPSA) is 54.4 Å². The fourth-order valence-electron chi connectivity index (χ4n) is 1.49. The average molecular weight is 275 g/mol. The van der Waals surface area contributed by atoms with Crippen LogP contribution in [0.4, 0.5) is 8.78 Å². The summed E-state index contributed by atoms with van der Waals surface area (Å²) in [6.45, 7) is 1.58. The predicted molar refractivity (Wildman–Crippen MR) is 70.3 cm³/mol. The first-order valence-corrected chi connectivity index (χ1v) is 5.78. The molecule has 0 saturated carbocycles. The summed E-state index contributed by atoms with van der Waals surface area (Å²) >= 11 is 0. The van der Waals surface area contributed by atoms with Crippen molar-refractivity contribution in [2.45, 2.75) is 6.92 Å². The standard InChI is InChI=1S/C14H11F2N3O/c1-9(11-2-3-12(15)13(16)8-11)18-19-14(20)10-4-6-17-7-5-10/h2-8H,1H3,(H,19,20)/b18-9+. The minimum atomic E-state index is -0.961. The minimum Gasteiger partial charge on any atom is -0.267 e. The fraction of sp³-hybridized carbons (Fsp3) is 0.0714. The van der Waals surface area contributed by atoms with Gasteiger partial charge in [0.15, 0.2) is 11.6 Å². The van der Waals surface area contributed by atoms with Crippen LogP contribution in [-0.4, -0.2) is 16.6 Å². The van der Waals surface area contributed by atoms with Crippen LogP contribution in [0.25, 0.3) is 0 Å². The van der Waals surface area contributed by atoms with Gasteiger partial charge in [-0.25, -0.2) is 14.2 Å². The zero-order valence-electron chi connectivity index (χ0n) is 10.6. The fourth-order valence-corrected chi connectivity index (χ4v) is 1.49. The second kappa shape index (κ2) is 6.01. The highest BCUT2D eigenvalue weighted by Gasteiger charge is 2.06. The van der Waals surface area contributed by atoms with Gasteiger partial charge < -0.3 is 0 Å². The van der Waals surface area contributed by atoms with E-state index in [0.29, 0.717) is 16.8 Å². The Kier molecular flexibility index (Phi) is 4.14. The summed E-state index contributed by atoms with van der Waals surface area (Å²) < 4.78 is 25.9. The summed E-state index contributed by atoms with van der Waals surface area (Å²) in [6, 6.07) is 6.49. The van der Waals surface area contributed by atoms with Crippen LogP contribution >= 0.6 is 0 Å². The summed E-state index contributed by atoms with van der Waals surface area (Å²) in [5.41, 5.74) is 3.50. The monoisotopic (exact) mass is 275 g/mol. The molecule has 2 aromatic rings. The van der Waals surface area contributed by atoms with Gasteiger partial charge >= 0.3 is 0 Å². The van der Waals surface area contributed by atoms with Gasteiger partial charge in [0.05, 0.1) is 5.71 Å².